The minimum atomic E-state index is -0.435. The van der Waals surface area contributed by atoms with Crippen LogP contribution in [0.1, 0.15) is 33.5 Å². The van der Waals surface area contributed by atoms with Crippen LogP contribution in [0.25, 0.3) is 0 Å². The molecule has 0 saturated heterocycles. The quantitative estimate of drug-likeness (QED) is 0.845. The molecule has 2 aromatic rings. The summed E-state index contributed by atoms with van der Waals surface area (Å²) in [5.74, 6) is -0.680. The van der Waals surface area contributed by atoms with Gasteiger partial charge >= 0.3 is 0 Å². The van der Waals surface area contributed by atoms with Crippen LogP contribution in [-0.4, -0.2) is 11.8 Å². The highest BCUT2D eigenvalue weighted by Gasteiger charge is 2.10. The highest BCUT2D eigenvalue weighted by Crippen LogP contribution is 2.14. The molecule has 0 aliphatic carbocycles. The molecule has 0 aromatic heterocycles. The van der Waals surface area contributed by atoms with Gasteiger partial charge in [-0.2, -0.15) is 0 Å². The van der Waals surface area contributed by atoms with Gasteiger partial charge in [-0.3, -0.25) is 20.4 Å². The average Bonchev–Trinajstić information content (AvgIpc) is 2.52. The Kier molecular flexibility index (Phi) is 5.77. The smallest absolute Gasteiger partial charge is 0.271 e. The molecule has 0 saturated carbocycles. The summed E-state index contributed by atoms with van der Waals surface area (Å²) in [6, 6.07) is 12.8. The first-order valence-electron chi connectivity index (χ1n) is 7.37. The standard InChI is InChI=1S/C18H19ClN2O2/c1-12-7-8-14(13(2)11-12)9-10-17(22)20-21-18(23)15-5-3-4-6-16(15)19/h3-8,11H,9-10H2,1-2H3,(H,20,22)(H,21,23). The summed E-state index contributed by atoms with van der Waals surface area (Å²) in [5, 5.41) is 0.342. The van der Waals surface area contributed by atoms with Crippen LogP contribution in [0.4, 0.5) is 0 Å². The van der Waals surface area contributed by atoms with Crippen molar-refractivity contribution >= 4 is 23.4 Å². The minimum Gasteiger partial charge on any atom is -0.273 e. The Bertz CT molecular complexity index is 729. The van der Waals surface area contributed by atoms with E-state index in [1.54, 1.807) is 24.3 Å². The summed E-state index contributed by atoms with van der Waals surface area (Å²) in [6.45, 7) is 4.06. The second-order valence-electron chi connectivity index (χ2n) is 5.41. The molecule has 0 atom stereocenters. The molecule has 0 radical (unpaired) electrons. The van der Waals surface area contributed by atoms with Gasteiger partial charge in [-0.15, -0.1) is 0 Å². The zero-order valence-electron chi connectivity index (χ0n) is 13.2. The van der Waals surface area contributed by atoms with E-state index in [9.17, 15) is 9.59 Å². The number of benzene rings is 2. The second kappa shape index (κ2) is 7.79. The lowest BCUT2D eigenvalue weighted by molar-refractivity contribution is -0.121. The molecule has 0 fully saturated rings. The molecule has 2 rings (SSSR count). The van der Waals surface area contributed by atoms with Crippen molar-refractivity contribution in [3.05, 3.63) is 69.7 Å². The SMILES string of the molecule is Cc1ccc(CCC(=O)NNC(=O)c2ccccc2Cl)c(C)c1. The highest BCUT2D eigenvalue weighted by atomic mass is 35.5. The molecule has 2 amide bonds. The monoisotopic (exact) mass is 330 g/mol. The van der Waals surface area contributed by atoms with Gasteiger partial charge in [0.1, 0.15) is 0 Å². The molecule has 0 heterocycles. The van der Waals surface area contributed by atoms with Crippen LogP contribution in [-0.2, 0) is 11.2 Å². The van der Waals surface area contributed by atoms with Crippen molar-refractivity contribution in [3.63, 3.8) is 0 Å². The Morgan fingerprint density at radius 3 is 2.48 bits per heavy atom. The number of amides is 2. The molecule has 2 N–H and O–H groups in total. The van der Waals surface area contributed by atoms with E-state index in [1.165, 1.54) is 5.56 Å². The van der Waals surface area contributed by atoms with Crippen LogP contribution < -0.4 is 10.9 Å². The number of halogens is 1. The van der Waals surface area contributed by atoms with Crippen LogP contribution >= 0.6 is 11.6 Å². The van der Waals surface area contributed by atoms with E-state index in [2.05, 4.69) is 16.9 Å². The van der Waals surface area contributed by atoms with Crippen LogP contribution in [0.2, 0.25) is 5.02 Å². The number of rotatable bonds is 4. The molecule has 0 bridgehead atoms. The first kappa shape index (κ1) is 17.0. The molecule has 5 heteroatoms. The molecule has 0 aliphatic rings. The fourth-order valence-corrected chi connectivity index (χ4v) is 2.50. The summed E-state index contributed by atoms with van der Waals surface area (Å²) >= 11 is 5.93. The third kappa shape index (κ3) is 4.83. The van der Waals surface area contributed by atoms with Crippen LogP contribution in [0.3, 0.4) is 0 Å². The Balaban J connectivity index is 1.83. The summed E-state index contributed by atoms with van der Waals surface area (Å²) < 4.78 is 0. The second-order valence-corrected chi connectivity index (χ2v) is 5.82. The van der Waals surface area contributed by atoms with Gasteiger partial charge in [0.05, 0.1) is 10.6 Å². The number of aryl methyl sites for hydroxylation is 3. The predicted octanol–water partition coefficient (Wildman–Crippen LogP) is 3.35. The zero-order valence-corrected chi connectivity index (χ0v) is 13.9. The maximum absolute atomic E-state index is 11.9. The Morgan fingerprint density at radius 1 is 1.04 bits per heavy atom. The van der Waals surface area contributed by atoms with Crippen molar-refractivity contribution in [3.8, 4) is 0 Å². The number of carbonyl (C=O) groups excluding carboxylic acids is 2. The van der Waals surface area contributed by atoms with Gasteiger partial charge in [-0.1, -0.05) is 47.5 Å². The van der Waals surface area contributed by atoms with Crippen molar-refractivity contribution < 1.29 is 9.59 Å². The molecule has 23 heavy (non-hydrogen) atoms. The van der Waals surface area contributed by atoms with E-state index in [1.807, 2.05) is 26.0 Å². The van der Waals surface area contributed by atoms with E-state index in [4.69, 9.17) is 11.6 Å². The van der Waals surface area contributed by atoms with Gasteiger partial charge in [0.25, 0.3) is 5.91 Å². The largest absolute Gasteiger partial charge is 0.273 e. The lowest BCUT2D eigenvalue weighted by Crippen LogP contribution is -2.41. The molecular weight excluding hydrogens is 312 g/mol. The number of nitrogens with one attached hydrogen (secondary N) is 2. The van der Waals surface area contributed by atoms with Gasteiger partial charge < -0.3 is 0 Å². The Morgan fingerprint density at radius 2 is 1.78 bits per heavy atom. The Hall–Kier alpha value is -2.33. The third-order valence-electron chi connectivity index (χ3n) is 3.55. The maximum Gasteiger partial charge on any atom is 0.271 e. The topological polar surface area (TPSA) is 58.2 Å². The third-order valence-corrected chi connectivity index (χ3v) is 3.88. The molecule has 2 aromatic carbocycles. The molecule has 0 spiro atoms. The van der Waals surface area contributed by atoms with Crippen molar-refractivity contribution in [1.29, 1.82) is 0 Å². The summed E-state index contributed by atoms with van der Waals surface area (Å²) in [6.07, 6.45) is 0.923. The van der Waals surface area contributed by atoms with E-state index < -0.39 is 5.91 Å². The predicted molar refractivity (Wildman–Crippen MR) is 91.3 cm³/mol. The van der Waals surface area contributed by atoms with Gasteiger partial charge in [-0.25, -0.2) is 0 Å². The molecular formula is C18H19ClN2O2. The van der Waals surface area contributed by atoms with Crippen molar-refractivity contribution in [1.82, 2.24) is 10.9 Å². The minimum absolute atomic E-state index is 0.245. The van der Waals surface area contributed by atoms with Gasteiger partial charge in [0, 0.05) is 6.42 Å². The fourth-order valence-electron chi connectivity index (χ4n) is 2.28. The van der Waals surface area contributed by atoms with Crippen LogP contribution in [0, 0.1) is 13.8 Å². The summed E-state index contributed by atoms with van der Waals surface area (Å²) in [7, 11) is 0. The first-order valence-corrected chi connectivity index (χ1v) is 7.75. The first-order chi connectivity index (χ1) is 11.0. The van der Waals surface area contributed by atoms with Gasteiger partial charge in [0.15, 0.2) is 0 Å². The summed E-state index contributed by atoms with van der Waals surface area (Å²) in [4.78, 5) is 23.8. The molecule has 0 unspecified atom stereocenters. The van der Waals surface area contributed by atoms with E-state index >= 15 is 0 Å². The van der Waals surface area contributed by atoms with Gasteiger partial charge in [-0.05, 0) is 43.5 Å². The molecule has 120 valence electrons. The number of carbonyl (C=O) groups is 2. The maximum atomic E-state index is 11.9. The molecule has 0 aliphatic heterocycles. The van der Waals surface area contributed by atoms with Gasteiger partial charge in [0.2, 0.25) is 5.91 Å². The average molecular weight is 331 g/mol. The number of hydrazine groups is 1. The van der Waals surface area contributed by atoms with Crippen molar-refractivity contribution in [2.24, 2.45) is 0 Å². The van der Waals surface area contributed by atoms with E-state index in [0.717, 1.165) is 11.1 Å². The van der Waals surface area contributed by atoms with Crippen molar-refractivity contribution in [2.75, 3.05) is 0 Å². The number of hydrogen-bond acceptors (Lipinski definition) is 2. The summed E-state index contributed by atoms with van der Waals surface area (Å²) in [5.41, 5.74) is 8.60. The fraction of sp³-hybridized carbons (Fsp3) is 0.222. The lowest BCUT2D eigenvalue weighted by Gasteiger charge is -2.09. The lowest BCUT2D eigenvalue weighted by atomic mass is 10.0. The van der Waals surface area contributed by atoms with E-state index in [-0.39, 0.29) is 5.91 Å². The van der Waals surface area contributed by atoms with Crippen molar-refractivity contribution in [2.45, 2.75) is 26.7 Å². The highest BCUT2D eigenvalue weighted by molar-refractivity contribution is 6.33. The number of hydrogen-bond donors (Lipinski definition) is 2. The normalized spacial score (nSPS) is 10.2. The molecule has 4 nitrogen and oxygen atoms in total. The Labute approximate surface area is 140 Å². The van der Waals surface area contributed by atoms with E-state index in [0.29, 0.717) is 23.4 Å². The zero-order chi connectivity index (χ0) is 16.8. The van der Waals surface area contributed by atoms with Crippen LogP contribution in [0.5, 0.6) is 0 Å². The van der Waals surface area contributed by atoms with Crippen LogP contribution in [0.15, 0.2) is 42.5 Å².